The molecule has 1 atom stereocenters. The Balaban J connectivity index is 3.45. The van der Waals surface area contributed by atoms with Crippen LogP contribution in [-0.4, -0.2) is 39.5 Å². The summed E-state index contributed by atoms with van der Waals surface area (Å²) in [4.78, 5) is 11.9. The third-order valence-electron chi connectivity index (χ3n) is 2.84. The molecule has 0 saturated heterocycles. The molecule has 0 aromatic heterocycles. The minimum Gasteiger partial charge on any atom is -0.497 e. The van der Waals surface area contributed by atoms with E-state index in [0.717, 1.165) is 21.3 Å². The third kappa shape index (κ3) is 2.58. The first kappa shape index (κ1) is 16.7. The predicted octanol–water partition coefficient (Wildman–Crippen LogP) is 1.50. The van der Waals surface area contributed by atoms with Gasteiger partial charge in [0, 0.05) is 19.8 Å². The Morgan fingerprint density at radius 1 is 1.10 bits per heavy atom. The summed E-state index contributed by atoms with van der Waals surface area (Å²) < 4.78 is 31.5. The molecule has 0 aliphatic heterocycles. The molecule has 0 unspecified atom stereocenters. The average Bonchev–Trinajstić information content (AvgIpc) is 2.52. The minimum atomic E-state index is -4.18. The number of rotatable bonds is 6. The van der Waals surface area contributed by atoms with E-state index in [2.05, 4.69) is 4.74 Å². The first-order chi connectivity index (χ1) is 9.39. The van der Waals surface area contributed by atoms with E-state index in [-0.39, 0.29) is 5.56 Å². The summed E-state index contributed by atoms with van der Waals surface area (Å²) in [5, 5.41) is 8.05. The number of hydrogen-bond donors (Lipinski definition) is 1. The number of benzene rings is 1. The zero-order chi connectivity index (χ0) is 15.4. The van der Waals surface area contributed by atoms with Crippen LogP contribution in [0.25, 0.3) is 0 Å². The molecule has 0 heterocycles. The SMILES string of the molecule is COC(=O)[C@](O)(c1ccc(OC)cc1)P(=O)(OC)OC. The lowest BCUT2D eigenvalue weighted by Gasteiger charge is -2.30. The van der Waals surface area contributed by atoms with Crippen LogP contribution in [0.15, 0.2) is 24.3 Å². The van der Waals surface area contributed by atoms with Crippen molar-refractivity contribution < 1.29 is 33.0 Å². The van der Waals surface area contributed by atoms with Crippen LogP contribution < -0.4 is 4.74 Å². The van der Waals surface area contributed by atoms with Gasteiger partial charge in [-0.2, -0.15) is 0 Å². The molecule has 1 rings (SSSR count). The molecular formula is C12H17O7P. The van der Waals surface area contributed by atoms with E-state index in [1.807, 2.05) is 0 Å². The van der Waals surface area contributed by atoms with Gasteiger partial charge in [0.05, 0.1) is 14.2 Å². The first-order valence-corrected chi connectivity index (χ1v) is 7.10. The number of aliphatic hydroxyl groups is 1. The molecule has 0 fully saturated rings. The molecular weight excluding hydrogens is 287 g/mol. The molecule has 1 N–H and O–H groups in total. The maximum Gasteiger partial charge on any atom is 0.377 e. The molecule has 7 nitrogen and oxygen atoms in total. The van der Waals surface area contributed by atoms with Gasteiger partial charge in [-0.15, -0.1) is 0 Å². The summed E-state index contributed by atoms with van der Waals surface area (Å²) in [7, 11) is 0.492. The molecule has 0 aliphatic rings. The summed E-state index contributed by atoms with van der Waals surface area (Å²) >= 11 is 0. The number of methoxy groups -OCH3 is 2. The van der Waals surface area contributed by atoms with Crippen LogP contribution in [0.2, 0.25) is 0 Å². The summed E-state index contributed by atoms with van der Waals surface area (Å²) in [6.45, 7) is 0. The van der Waals surface area contributed by atoms with Gasteiger partial charge < -0.3 is 23.6 Å². The molecule has 1 aromatic carbocycles. The lowest BCUT2D eigenvalue weighted by Crippen LogP contribution is -2.37. The van der Waals surface area contributed by atoms with Crippen LogP contribution in [0.1, 0.15) is 5.56 Å². The molecule has 0 saturated carbocycles. The van der Waals surface area contributed by atoms with Crippen molar-refractivity contribution in [3.05, 3.63) is 29.8 Å². The van der Waals surface area contributed by atoms with Crippen molar-refractivity contribution >= 4 is 13.6 Å². The Kier molecular flexibility index (Phi) is 5.30. The van der Waals surface area contributed by atoms with Crippen molar-refractivity contribution in [3.63, 3.8) is 0 Å². The second-order valence-electron chi connectivity index (χ2n) is 3.75. The van der Waals surface area contributed by atoms with Crippen LogP contribution in [0.3, 0.4) is 0 Å². The zero-order valence-electron chi connectivity index (χ0n) is 11.7. The van der Waals surface area contributed by atoms with Gasteiger partial charge in [-0.1, -0.05) is 12.1 Å². The Bertz CT molecular complexity index is 505. The summed E-state index contributed by atoms with van der Waals surface area (Å²) in [5.74, 6) is -0.639. The molecule has 20 heavy (non-hydrogen) atoms. The summed E-state index contributed by atoms with van der Waals surface area (Å²) in [6, 6.07) is 5.75. The summed E-state index contributed by atoms with van der Waals surface area (Å²) in [6.07, 6.45) is 0. The fourth-order valence-electron chi connectivity index (χ4n) is 1.69. The maximum atomic E-state index is 12.5. The van der Waals surface area contributed by atoms with Gasteiger partial charge in [0.1, 0.15) is 5.75 Å². The topological polar surface area (TPSA) is 91.3 Å². The van der Waals surface area contributed by atoms with Gasteiger partial charge in [0.15, 0.2) is 0 Å². The third-order valence-corrected chi connectivity index (χ3v) is 5.03. The fourth-order valence-corrected chi connectivity index (χ4v) is 3.15. The van der Waals surface area contributed by atoms with Gasteiger partial charge >= 0.3 is 13.6 Å². The van der Waals surface area contributed by atoms with E-state index in [4.69, 9.17) is 13.8 Å². The van der Waals surface area contributed by atoms with Crippen LogP contribution in [0.5, 0.6) is 5.75 Å². The van der Waals surface area contributed by atoms with Crippen LogP contribution >= 0.6 is 7.60 Å². The molecule has 0 radical (unpaired) electrons. The zero-order valence-corrected chi connectivity index (χ0v) is 12.5. The van der Waals surface area contributed by atoms with Crippen molar-refractivity contribution in [2.45, 2.75) is 5.34 Å². The van der Waals surface area contributed by atoms with Crippen molar-refractivity contribution in [1.82, 2.24) is 0 Å². The fraction of sp³-hybridized carbons (Fsp3) is 0.417. The first-order valence-electron chi connectivity index (χ1n) is 5.56. The van der Waals surface area contributed by atoms with E-state index in [1.54, 1.807) is 0 Å². The molecule has 0 bridgehead atoms. The standard InChI is InChI=1S/C12H17O7P/c1-16-10-7-5-9(6-8-10)12(14,11(13)17-2)20(15,18-3)19-4/h5-8,14H,1-4H3/t12-/m0/s1. The van der Waals surface area contributed by atoms with Crippen LogP contribution in [0, 0.1) is 0 Å². The maximum absolute atomic E-state index is 12.5. The number of ether oxygens (including phenoxy) is 2. The van der Waals surface area contributed by atoms with E-state index < -0.39 is 18.9 Å². The van der Waals surface area contributed by atoms with Crippen LogP contribution in [-0.2, 0) is 28.5 Å². The highest BCUT2D eigenvalue weighted by molar-refractivity contribution is 7.56. The minimum absolute atomic E-state index is 0.0113. The monoisotopic (exact) mass is 304 g/mol. The second-order valence-corrected chi connectivity index (χ2v) is 6.13. The van der Waals surface area contributed by atoms with Crippen molar-refractivity contribution in [1.29, 1.82) is 0 Å². The molecule has 0 amide bonds. The van der Waals surface area contributed by atoms with Crippen LogP contribution in [0.4, 0.5) is 0 Å². The number of carbonyl (C=O) groups excluding carboxylic acids is 1. The molecule has 0 spiro atoms. The summed E-state index contributed by atoms with van der Waals surface area (Å²) in [5.41, 5.74) is 0.0113. The number of hydrogen-bond acceptors (Lipinski definition) is 7. The number of carbonyl (C=O) groups is 1. The molecule has 1 aromatic rings. The van der Waals surface area contributed by atoms with Crippen molar-refractivity contribution in [3.8, 4) is 5.75 Å². The van der Waals surface area contributed by atoms with E-state index in [1.165, 1.54) is 31.4 Å². The van der Waals surface area contributed by atoms with Gasteiger partial charge in [-0.3, -0.25) is 4.57 Å². The average molecular weight is 304 g/mol. The van der Waals surface area contributed by atoms with Gasteiger partial charge in [-0.25, -0.2) is 4.79 Å². The predicted molar refractivity (Wildman–Crippen MR) is 70.5 cm³/mol. The van der Waals surface area contributed by atoms with E-state index in [9.17, 15) is 14.5 Å². The van der Waals surface area contributed by atoms with Crippen molar-refractivity contribution in [2.75, 3.05) is 28.4 Å². The highest BCUT2D eigenvalue weighted by Crippen LogP contribution is 2.63. The Morgan fingerprint density at radius 3 is 1.95 bits per heavy atom. The van der Waals surface area contributed by atoms with E-state index >= 15 is 0 Å². The second kappa shape index (κ2) is 6.37. The Morgan fingerprint density at radius 2 is 1.60 bits per heavy atom. The molecule has 0 aliphatic carbocycles. The Labute approximate surface area is 116 Å². The lowest BCUT2D eigenvalue weighted by molar-refractivity contribution is -0.156. The largest absolute Gasteiger partial charge is 0.497 e. The Hall–Kier alpha value is -1.40. The quantitative estimate of drug-likeness (QED) is 0.629. The number of esters is 1. The van der Waals surface area contributed by atoms with Gasteiger partial charge in [-0.05, 0) is 12.1 Å². The smallest absolute Gasteiger partial charge is 0.377 e. The lowest BCUT2D eigenvalue weighted by atomic mass is 10.1. The highest BCUT2D eigenvalue weighted by Gasteiger charge is 2.58. The van der Waals surface area contributed by atoms with Gasteiger partial charge in [0.2, 0.25) is 0 Å². The highest BCUT2D eigenvalue weighted by atomic mass is 31.2. The molecule has 112 valence electrons. The van der Waals surface area contributed by atoms with Crippen molar-refractivity contribution in [2.24, 2.45) is 0 Å². The molecule has 8 heteroatoms. The normalized spacial score (nSPS) is 14.4. The van der Waals surface area contributed by atoms with Gasteiger partial charge in [0.25, 0.3) is 5.34 Å². The van der Waals surface area contributed by atoms with E-state index in [0.29, 0.717) is 5.75 Å².